The molecule has 1 aliphatic heterocycles. The van der Waals surface area contributed by atoms with Crippen LogP contribution in [0.4, 0.5) is 0 Å². The molecule has 2 atom stereocenters. The van der Waals surface area contributed by atoms with Crippen LogP contribution in [0.3, 0.4) is 0 Å². The van der Waals surface area contributed by atoms with Gasteiger partial charge in [-0.25, -0.2) is 10.9 Å². The van der Waals surface area contributed by atoms with Crippen LogP contribution < -0.4 is 20.9 Å². The summed E-state index contributed by atoms with van der Waals surface area (Å²) in [7, 11) is 1.66. The van der Waals surface area contributed by atoms with Gasteiger partial charge >= 0.3 is 0 Å². The Balaban J connectivity index is 1.38. The second-order valence-electron chi connectivity index (χ2n) is 6.15. The van der Waals surface area contributed by atoms with Crippen LogP contribution in [0.25, 0.3) is 0 Å². The molecule has 1 aromatic carbocycles. The van der Waals surface area contributed by atoms with Gasteiger partial charge in [0.2, 0.25) is 5.91 Å². The van der Waals surface area contributed by atoms with Gasteiger partial charge in [0.05, 0.1) is 7.11 Å². The van der Waals surface area contributed by atoms with Crippen molar-refractivity contribution in [3.05, 3.63) is 59.9 Å². The maximum absolute atomic E-state index is 12.3. The van der Waals surface area contributed by atoms with E-state index in [-0.39, 0.29) is 18.0 Å². The first-order valence-electron chi connectivity index (χ1n) is 8.58. The number of nitrogens with one attached hydrogen (secondary N) is 3. The Kier molecular flexibility index (Phi) is 5.98. The molecule has 0 aliphatic carbocycles. The van der Waals surface area contributed by atoms with E-state index in [4.69, 9.17) is 4.74 Å². The number of hydrogen-bond donors (Lipinski definition) is 3. The zero-order valence-corrected chi connectivity index (χ0v) is 14.4. The van der Waals surface area contributed by atoms with Crippen LogP contribution in [-0.4, -0.2) is 30.6 Å². The highest BCUT2D eigenvalue weighted by molar-refractivity contribution is 5.82. The predicted octanol–water partition coefficient (Wildman–Crippen LogP) is 1.75. The Morgan fingerprint density at radius 2 is 1.96 bits per heavy atom. The number of aromatic nitrogens is 1. The lowest BCUT2D eigenvalue weighted by molar-refractivity contribution is -0.122. The van der Waals surface area contributed by atoms with Crippen molar-refractivity contribution in [3.8, 4) is 5.75 Å². The summed E-state index contributed by atoms with van der Waals surface area (Å²) in [4.78, 5) is 16.3. The quantitative estimate of drug-likeness (QED) is 0.670. The number of ether oxygens (including phenoxy) is 1. The van der Waals surface area contributed by atoms with Gasteiger partial charge in [0.25, 0.3) is 0 Å². The number of amides is 1. The summed E-state index contributed by atoms with van der Waals surface area (Å²) in [6, 6.07) is 11.9. The maximum Gasteiger partial charge on any atom is 0.238 e. The lowest BCUT2D eigenvalue weighted by atomic mass is 10.0. The number of carbonyl (C=O) groups is 1. The van der Waals surface area contributed by atoms with E-state index >= 15 is 0 Å². The third-order valence-corrected chi connectivity index (χ3v) is 4.43. The number of pyridine rings is 1. The number of benzene rings is 1. The number of rotatable bonds is 7. The number of aryl methyl sites for hydroxylation is 1. The van der Waals surface area contributed by atoms with Gasteiger partial charge < -0.3 is 10.1 Å². The largest absolute Gasteiger partial charge is 0.497 e. The number of methoxy groups -OCH3 is 1. The molecule has 0 radical (unpaired) electrons. The van der Waals surface area contributed by atoms with Crippen LogP contribution in [0.2, 0.25) is 0 Å². The molecule has 1 saturated heterocycles. The van der Waals surface area contributed by atoms with Crippen molar-refractivity contribution in [1.29, 1.82) is 0 Å². The smallest absolute Gasteiger partial charge is 0.238 e. The molecule has 0 bridgehead atoms. The number of hydrazine groups is 1. The summed E-state index contributed by atoms with van der Waals surface area (Å²) in [6.07, 6.45) is 6.10. The average Bonchev–Trinajstić information content (AvgIpc) is 3.16. The fourth-order valence-electron chi connectivity index (χ4n) is 2.96. The third kappa shape index (κ3) is 4.78. The first-order valence-corrected chi connectivity index (χ1v) is 8.58. The van der Waals surface area contributed by atoms with Crippen molar-refractivity contribution < 1.29 is 9.53 Å². The van der Waals surface area contributed by atoms with Crippen molar-refractivity contribution in [1.82, 2.24) is 21.2 Å². The van der Waals surface area contributed by atoms with E-state index in [9.17, 15) is 4.79 Å². The Hall–Kier alpha value is -2.44. The van der Waals surface area contributed by atoms with Gasteiger partial charge in [-0.3, -0.25) is 9.78 Å². The lowest BCUT2D eigenvalue weighted by Gasteiger charge is -2.11. The molecule has 1 aliphatic rings. The zero-order chi connectivity index (χ0) is 17.5. The Morgan fingerprint density at radius 3 is 2.68 bits per heavy atom. The van der Waals surface area contributed by atoms with E-state index in [0.717, 1.165) is 30.6 Å². The molecule has 0 saturated carbocycles. The van der Waals surface area contributed by atoms with Crippen LogP contribution in [0.1, 0.15) is 30.0 Å². The molecule has 1 aromatic heterocycles. The Bertz CT molecular complexity index is 676. The summed E-state index contributed by atoms with van der Waals surface area (Å²) in [5, 5.41) is 3.01. The third-order valence-electron chi connectivity index (χ3n) is 4.43. The van der Waals surface area contributed by atoms with Gasteiger partial charge in [-0.05, 0) is 54.7 Å². The van der Waals surface area contributed by atoms with Gasteiger partial charge in [0.1, 0.15) is 11.8 Å². The molecular weight excluding hydrogens is 316 g/mol. The Labute approximate surface area is 148 Å². The van der Waals surface area contributed by atoms with Crippen LogP contribution in [0.5, 0.6) is 5.75 Å². The van der Waals surface area contributed by atoms with Crippen LogP contribution >= 0.6 is 0 Å². The summed E-state index contributed by atoms with van der Waals surface area (Å²) < 4.78 is 5.15. The number of nitrogens with zero attached hydrogens (tertiary/aromatic N) is 1. The van der Waals surface area contributed by atoms with Crippen LogP contribution in [-0.2, 0) is 11.2 Å². The monoisotopic (exact) mass is 340 g/mol. The summed E-state index contributed by atoms with van der Waals surface area (Å²) >= 11 is 0. The molecule has 25 heavy (non-hydrogen) atoms. The highest BCUT2D eigenvalue weighted by atomic mass is 16.5. The van der Waals surface area contributed by atoms with Gasteiger partial charge in [-0.15, -0.1) is 0 Å². The Morgan fingerprint density at radius 1 is 1.20 bits per heavy atom. The van der Waals surface area contributed by atoms with Crippen molar-refractivity contribution in [2.24, 2.45) is 0 Å². The van der Waals surface area contributed by atoms with Crippen molar-refractivity contribution >= 4 is 5.91 Å². The molecular formula is C19H24N4O2. The lowest BCUT2D eigenvalue weighted by Crippen LogP contribution is -2.43. The molecule has 132 valence electrons. The topological polar surface area (TPSA) is 75.3 Å². The first-order chi connectivity index (χ1) is 12.3. The van der Waals surface area contributed by atoms with Crippen molar-refractivity contribution in [2.45, 2.75) is 31.3 Å². The minimum absolute atomic E-state index is 0.0405. The standard InChI is InChI=1S/C19H24N4O2/c1-25-16-6-4-14(5-7-16)3-2-10-21-19(24)18-13-17(22-23-18)15-8-11-20-12-9-15/h4-9,11-12,17-18,22-23H,2-3,10,13H2,1H3,(H,21,24). The molecule has 6 heteroatoms. The average molecular weight is 340 g/mol. The normalized spacial score (nSPS) is 19.6. The number of carbonyl (C=O) groups excluding carboxylic acids is 1. The summed E-state index contributed by atoms with van der Waals surface area (Å²) in [5.41, 5.74) is 8.64. The van der Waals surface area contributed by atoms with Crippen molar-refractivity contribution in [3.63, 3.8) is 0 Å². The van der Waals surface area contributed by atoms with Crippen LogP contribution in [0.15, 0.2) is 48.8 Å². The van der Waals surface area contributed by atoms with Gasteiger partial charge in [0.15, 0.2) is 0 Å². The van der Waals surface area contributed by atoms with Crippen molar-refractivity contribution in [2.75, 3.05) is 13.7 Å². The summed E-state index contributed by atoms with van der Waals surface area (Å²) in [6.45, 7) is 0.670. The van der Waals surface area contributed by atoms with Crippen LogP contribution in [0, 0.1) is 0 Å². The zero-order valence-electron chi connectivity index (χ0n) is 14.4. The highest BCUT2D eigenvalue weighted by Crippen LogP contribution is 2.21. The highest BCUT2D eigenvalue weighted by Gasteiger charge is 2.29. The molecule has 6 nitrogen and oxygen atoms in total. The van der Waals surface area contributed by atoms with E-state index in [2.05, 4.69) is 33.3 Å². The molecule has 1 fully saturated rings. The van der Waals surface area contributed by atoms with Gasteiger partial charge in [-0.1, -0.05) is 12.1 Å². The maximum atomic E-state index is 12.3. The van der Waals surface area contributed by atoms with E-state index in [0.29, 0.717) is 6.54 Å². The molecule has 2 aromatic rings. The van der Waals surface area contributed by atoms with E-state index in [1.165, 1.54) is 5.56 Å². The van der Waals surface area contributed by atoms with E-state index in [1.54, 1.807) is 19.5 Å². The molecule has 2 unspecified atom stereocenters. The minimum Gasteiger partial charge on any atom is -0.497 e. The second kappa shape index (κ2) is 8.60. The first kappa shape index (κ1) is 17.4. The minimum atomic E-state index is -0.209. The SMILES string of the molecule is COc1ccc(CCCNC(=O)C2CC(c3ccncc3)NN2)cc1. The molecule has 2 heterocycles. The predicted molar refractivity (Wildman–Crippen MR) is 96.0 cm³/mol. The van der Waals surface area contributed by atoms with Gasteiger partial charge in [-0.2, -0.15) is 0 Å². The molecule has 1 amide bonds. The van der Waals surface area contributed by atoms with Gasteiger partial charge in [0, 0.05) is 25.0 Å². The molecule has 3 N–H and O–H groups in total. The van der Waals surface area contributed by atoms with E-state index < -0.39 is 0 Å². The second-order valence-corrected chi connectivity index (χ2v) is 6.15. The molecule has 0 spiro atoms. The summed E-state index contributed by atoms with van der Waals surface area (Å²) in [5.74, 6) is 0.902. The fraction of sp³-hybridized carbons (Fsp3) is 0.368. The number of hydrogen-bond acceptors (Lipinski definition) is 5. The fourth-order valence-corrected chi connectivity index (χ4v) is 2.96. The molecule has 3 rings (SSSR count). The van der Waals surface area contributed by atoms with E-state index in [1.807, 2.05) is 24.3 Å².